The van der Waals surface area contributed by atoms with Gasteiger partial charge < -0.3 is 9.47 Å². The van der Waals surface area contributed by atoms with E-state index in [4.69, 9.17) is 0 Å². The van der Waals surface area contributed by atoms with E-state index in [2.05, 4.69) is 252 Å². The van der Waals surface area contributed by atoms with Gasteiger partial charge in [-0.25, -0.2) is 0 Å². The van der Waals surface area contributed by atoms with E-state index in [1.807, 2.05) is 11.3 Å². The SMILES string of the molecule is c1cc(-c2cccc3c2c2ccccc2n3-c2cccc3c2sc2ccccc23)cc(N(c2ccc(-c3cccc4ccccc34)cc2)c2ccc(-c3cccc4ccccc34)cc2)c1. The Bertz CT molecular complexity index is 3820. The van der Waals surface area contributed by atoms with Crippen LogP contribution < -0.4 is 4.90 Å². The zero-order valence-corrected chi connectivity index (χ0v) is 36.2. The minimum absolute atomic E-state index is 1.09. The molecule has 0 bridgehead atoms. The van der Waals surface area contributed by atoms with Gasteiger partial charge in [0.2, 0.25) is 0 Å². The van der Waals surface area contributed by atoms with Crippen molar-refractivity contribution in [2.45, 2.75) is 0 Å². The lowest BCUT2D eigenvalue weighted by molar-refractivity contribution is 1.20. The summed E-state index contributed by atoms with van der Waals surface area (Å²) in [5.74, 6) is 0. The largest absolute Gasteiger partial charge is 0.310 e. The number of rotatable bonds is 7. The van der Waals surface area contributed by atoms with E-state index >= 15 is 0 Å². The number of para-hydroxylation sites is 1. The molecule has 0 amide bonds. The number of hydrogen-bond acceptors (Lipinski definition) is 2. The molecule has 0 atom stereocenters. The van der Waals surface area contributed by atoms with Crippen LogP contribution in [0.1, 0.15) is 0 Å². The van der Waals surface area contributed by atoms with Crippen LogP contribution in [-0.4, -0.2) is 4.57 Å². The fraction of sp³-hybridized carbons (Fsp3) is 0. The number of benzene rings is 11. The van der Waals surface area contributed by atoms with Crippen LogP contribution in [0.25, 0.3) is 103 Å². The van der Waals surface area contributed by atoms with Crippen molar-refractivity contribution in [2.24, 2.45) is 0 Å². The summed E-state index contributed by atoms with van der Waals surface area (Å²) >= 11 is 1.88. The maximum atomic E-state index is 2.48. The summed E-state index contributed by atoms with van der Waals surface area (Å²) in [6.07, 6.45) is 0. The Morgan fingerprint density at radius 1 is 0.323 bits per heavy atom. The lowest BCUT2D eigenvalue weighted by atomic mass is 9.97. The van der Waals surface area contributed by atoms with Crippen molar-refractivity contribution in [1.82, 2.24) is 4.57 Å². The molecule has 304 valence electrons. The third kappa shape index (κ3) is 6.16. The molecule has 13 rings (SSSR count). The smallest absolute Gasteiger partial charge is 0.0640 e. The molecule has 3 heteroatoms. The third-order valence-electron chi connectivity index (χ3n) is 13.2. The fourth-order valence-corrected chi connectivity index (χ4v) is 11.4. The molecule has 0 N–H and O–H groups in total. The second-order valence-corrected chi connectivity index (χ2v) is 17.9. The van der Waals surface area contributed by atoms with Gasteiger partial charge in [0.05, 0.1) is 21.4 Å². The molecule has 2 nitrogen and oxygen atoms in total. The highest BCUT2D eigenvalue weighted by atomic mass is 32.1. The minimum Gasteiger partial charge on any atom is -0.310 e. The normalized spacial score (nSPS) is 11.7. The van der Waals surface area contributed by atoms with Crippen LogP contribution in [0, 0.1) is 0 Å². The molecular formula is C62H40N2S. The van der Waals surface area contributed by atoms with Crippen molar-refractivity contribution in [2.75, 3.05) is 4.90 Å². The first-order valence-corrected chi connectivity index (χ1v) is 23.1. The van der Waals surface area contributed by atoms with Crippen LogP contribution in [0.5, 0.6) is 0 Å². The molecule has 0 unspecified atom stereocenters. The van der Waals surface area contributed by atoms with E-state index in [0.717, 1.165) is 17.1 Å². The number of fused-ring (bicyclic) bond motifs is 8. The fourth-order valence-electron chi connectivity index (χ4n) is 10.2. The first kappa shape index (κ1) is 37.3. The zero-order valence-electron chi connectivity index (χ0n) is 35.4. The van der Waals surface area contributed by atoms with Crippen molar-refractivity contribution in [3.8, 4) is 39.1 Å². The Hall–Kier alpha value is -8.24. The van der Waals surface area contributed by atoms with Crippen LogP contribution >= 0.6 is 11.3 Å². The van der Waals surface area contributed by atoms with Crippen molar-refractivity contribution in [3.63, 3.8) is 0 Å². The Balaban J connectivity index is 0.968. The molecule has 65 heavy (non-hydrogen) atoms. The van der Waals surface area contributed by atoms with Gasteiger partial charge in [-0.2, -0.15) is 0 Å². The minimum atomic E-state index is 1.09. The summed E-state index contributed by atoms with van der Waals surface area (Å²) in [7, 11) is 0. The van der Waals surface area contributed by atoms with E-state index in [-0.39, 0.29) is 0 Å². The third-order valence-corrected chi connectivity index (χ3v) is 14.4. The van der Waals surface area contributed by atoms with Gasteiger partial charge in [-0.15, -0.1) is 11.3 Å². The average Bonchev–Trinajstić information content (AvgIpc) is 3.93. The summed E-state index contributed by atoms with van der Waals surface area (Å²) in [6, 6.07) is 88.9. The van der Waals surface area contributed by atoms with Gasteiger partial charge in [0.15, 0.2) is 0 Å². The molecule has 0 saturated heterocycles. The Morgan fingerprint density at radius 2 is 0.831 bits per heavy atom. The number of thiophene rings is 1. The molecule has 2 heterocycles. The first-order valence-electron chi connectivity index (χ1n) is 22.2. The lowest BCUT2D eigenvalue weighted by Gasteiger charge is -2.26. The monoisotopic (exact) mass is 844 g/mol. The summed E-state index contributed by atoms with van der Waals surface area (Å²) in [6.45, 7) is 0. The van der Waals surface area contributed by atoms with E-state index < -0.39 is 0 Å². The van der Waals surface area contributed by atoms with E-state index in [1.165, 1.54) is 103 Å². The Labute approximate surface area is 381 Å². The molecule has 0 fully saturated rings. The molecule has 2 aromatic heterocycles. The van der Waals surface area contributed by atoms with Crippen LogP contribution in [-0.2, 0) is 0 Å². The van der Waals surface area contributed by atoms with E-state index in [1.54, 1.807) is 0 Å². The quantitative estimate of drug-likeness (QED) is 0.155. The van der Waals surface area contributed by atoms with Crippen molar-refractivity contribution >= 4 is 91.9 Å². The van der Waals surface area contributed by atoms with Gasteiger partial charge in [-0.3, -0.25) is 0 Å². The highest BCUT2D eigenvalue weighted by molar-refractivity contribution is 7.26. The van der Waals surface area contributed by atoms with Gasteiger partial charge in [0.1, 0.15) is 0 Å². The highest BCUT2D eigenvalue weighted by Crippen LogP contribution is 2.45. The molecular weight excluding hydrogens is 805 g/mol. The van der Waals surface area contributed by atoms with Crippen LogP contribution in [0.3, 0.4) is 0 Å². The van der Waals surface area contributed by atoms with Gasteiger partial charge in [-0.1, -0.05) is 182 Å². The molecule has 11 aromatic carbocycles. The van der Waals surface area contributed by atoms with Crippen molar-refractivity contribution in [1.29, 1.82) is 0 Å². The van der Waals surface area contributed by atoms with Crippen LogP contribution in [0.15, 0.2) is 243 Å². The maximum Gasteiger partial charge on any atom is 0.0640 e. The molecule has 13 aromatic rings. The maximum absolute atomic E-state index is 2.48. The second kappa shape index (κ2) is 15.2. The molecule has 0 spiro atoms. The molecule has 0 aliphatic carbocycles. The summed E-state index contributed by atoms with van der Waals surface area (Å²) in [5.41, 5.74) is 14.1. The highest BCUT2D eigenvalue weighted by Gasteiger charge is 2.20. The zero-order chi connectivity index (χ0) is 42.8. The first-order chi connectivity index (χ1) is 32.2. The average molecular weight is 845 g/mol. The van der Waals surface area contributed by atoms with E-state index in [0.29, 0.717) is 0 Å². The number of nitrogens with zero attached hydrogens (tertiary/aromatic N) is 2. The van der Waals surface area contributed by atoms with Crippen LogP contribution in [0.4, 0.5) is 17.1 Å². The Morgan fingerprint density at radius 3 is 1.52 bits per heavy atom. The summed E-state index contributed by atoms with van der Waals surface area (Å²) in [5, 5.41) is 10.1. The summed E-state index contributed by atoms with van der Waals surface area (Å²) < 4.78 is 5.10. The topological polar surface area (TPSA) is 8.17 Å². The van der Waals surface area contributed by atoms with E-state index in [9.17, 15) is 0 Å². The van der Waals surface area contributed by atoms with Gasteiger partial charge >= 0.3 is 0 Å². The molecule has 0 aliphatic rings. The predicted molar refractivity (Wildman–Crippen MR) is 280 cm³/mol. The predicted octanol–water partition coefficient (Wildman–Crippen LogP) is 17.9. The van der Waals surface area contributed by atoms with Gasteiger partial charge in [0.25, 0.3) is 0 Å². The standard InChI is InChI=1S/C62H40N2S/c1-3-20-49-41(14-1)16-10-24-51(49)43-32-36-46(37-33-43)63(47-38-34-44(35-39-47)52-25-11-17-42-15-2-4-21-50(42)52)48-19-9-18-45(40-48)53-26-12-29-58-61(53)56-23-5-7-28-57(56)64(58)59-30-13-27-55-54-22-6-8-31-60(54)65-62(55)59/h1-40H. The van der Waals surface area contributed by atoms with Gasteiger partial charge in [-0.05, 0) is 116 Å². The number of aromatic nitrogens is 1. The number of anilines is 3. The molecule has 0 saturated carbocycles. The van der Waals surface area contributed by atoms with Crippen molar-refractivity contribution in [3.05, 3.63) is 243 Å². The van der Waals surface area contributed by atoms with Crippen LogP contribution in [0.2, 0.25) is 0 Å². The number of hydrogen-bond donors (Lipinski definition) is 0. The lowest BCUT2D eigenvalue weighted by Crippen LogP contribution is -2.10. The Kier molecular flexibility index (Phi) is 8.75. The molecule has 0 aliphatic heterocycles. The van der Waals surface area contributed by atoms with Gasteiger partial charge in [0, 0.05) is 43.3 Å². The second-order valence-electron chi connectivity index (χ2n) is 16.8. The summed E-state index contributed by atoms with van der Waals surface area (Å²) in [4.78, 5) is 2.40. The van der Waals surface area contributed by atoms with Crippen molar-refractivity contribution < 1.29 is 0 Å². The molecule has 0 radical (unpaired) electrons.